The fourth-order valence-electron chi connectivity index (χ4n) is 3.05. The molecule has 0 saturated carbocycles. The monoisotopic (exact) mass is 361 g/mol. The highest BCUT2D eigenvalue weighted by molar-refractivity contribution is 5.89. The molecule has 1 aromatic carbocycles. The molecule has 2 atom stereocenters. The summed E-state index contributed by atoms with van der Waals surface area (Å²) in [4.78, 5) is 37.6. The Morgan fingerprint density at radius 1 is 1.23 bits per heavy atom. The van der Waals surface area contributed by atoms with Crippen LogP contribution in [0.25, 0.3) is 0 Å². The number of hydrogen-bond acceptors (Lipinski definition) is 4. The second kappa shape index (κ2) is 9.07. The molecule has 0 spiro atoms. The smallest absolute Gasteiger partial charge is 0.312 e. The van der Waals surface area contributed by atoms with E-state index in [2.05, 4.69) is 22.2 Å². The number of hydrazine groups is 1. The third-order valence-electron chi connectivity index (χ3n) is 4.66. The first kappa shape index (κ1) is 19.6. The molecule has 1 aromatic rings. The number of carbonyl (C=O) groups excluding carboxylic acids is 3. The lowest BCUT2D eigenvalue weighted by atomic mass is 9.99. The normalized spacial score (nSPS) is 15.4. The predicted octanol–water partition coefficient (Wildman–Crippen LogP) is 0.670. The zero-order chi connectivity index (χ0) is 19.1. The molecule has 2 unspecified atom stereocenters. The SMILES string of the molecule is CCC(C)C(NC(N)=O)C(=O)NNC(=O)CN1CCCc2ccccc21. The number of fused-ring (bicyclic) bond motifs is 1. The van der Waals surface area contributed by atoms with Crippen molar-refractivity contribution >= 4 is 23.5 Å². The highest BCUT2D eigenvalue weighted by atomic mass is 16.2. The van der Waals surface area contributed by atoms with Gasteiger partial charge in [0.15, 0.2) is 0 Å². The van der Waals surface area contributed by atoms with E-state index in [1.165, 1.54) is 5.56 Å². The van der Waals surface area contributed by atoms with Gasteiger partial charge in [-0.05, 0) is 30.4 Å². The van der Waals surface area contributed by atoms with Crippen LogP contribution >= 0.6 is 0 Å². The van der Waals surface area contributed by atoms with E-state index in [9.17, 15) is 14.4 Å². The van der Waals surface area contributed by atoms with Gasteiger partial charge in [0.05, 0.1) is 6.54 Å². The molecule has 26 heavy (non-hydrogen) atoms. The number of aryl methyl sites for hydroxylation is 1. The van der Waals surface area contributed by atoms with E-state index in [-0.39, 0.29) is 18.4 Å². The Balaban J connectivity index is 1.90. The molecule has 0 aromatic heterocycles. The molecular weight excluding hydrogens is 334 g/mol. The van der Waals surface area contributed by atoms with Gasteiger partial charge in [-0.1, -0.05) is 38.5 Å². The zero-order valence-electron chi connectivity index (χ0n) is 15.2. The number of rotatable bonds is 6. The number of hydrogen-bond donors (Lipinski definition) is 4. The maximum Gasteiger partial charge on any atom is 0.312 e. The summed E-state index contributed by atoms with van der Waals surface area (Å²) < 4.78 is 0. The molecule has 1 aliphatic heterocycles. The van der Waals surface area contributed by atoms with E-state index >= 15 is 0 Å². The average Bonchev–Trinajstić information content (AvgIpc) is 2.63. The summed E-state index contributed by atoms with van der Waals surface area (Å²) in [6.45, 7) is 4.66. The first-order valence-electron chi connectivity index (χ1n) is 8.89. The van der Waals surface area contributed by atoms with Gasteiger partial charge in [0.25, 0.3) is 11.8 Å². The Morgan fingerprint density at radius 3 is 2.65 bits per heavy atom. The van der Waals surface area contributed by atoms with E-state index < -0.39 is 18.0 Å². The molecule has 2 rings (SSSR count). The number of urea groups is 1. The molecule has 142 valence electrons. The topological polar surface area (TPSA) is 117 Å². The quantitative estimate of drug-likeness (QED) is 0.557. The molecule has 1 aliphatic rings. The van der Waals surface area contributed by atoms with Crippen molar-refractivity contribution in [1.82, 2.24) is 16.2 Å². The first-order valence-corrected chi connectivity index (χ1v) is 8.89. The van der Waals surface area contributed by atoms with Crippen LogP contribution < -0.4 is 26.8 Å². The largest absolute Gasteiger partial charge is 0.362 e. The lowest BCUT2D eigenvalue weighted by Gasteiger charge is -2.30. The van der Waals surface area contributed by atoms with Gasteiger partial charge in [-0.3, -0.25) is 20.4 Å². The van der Waals surface area contributed by atoms with Crippen molar-refractivity contribution in [2.45, 2.75) is 39.2 Å². The number of nitrogens with two attached hydrogens (primary N) is 1. The number of nitrogens with zero attached hydrogens (tertiary/aromatic N) is 1. The van der Waals surface area contributed by atoms with Crippen molar-refractivity contribution in [1.29, 1.82) is 0 Å². The van der Waals surface area contributed by atoms with Gasteiger partial charge in [-0.2, -0.15) is 0 Å². The number of anilines is 1. The summed E-state index contributed by atoms with van der Waals surface area (Å²) in [7, 11) is 0. The van der Waals surface area contributed by atoms with Crippen LogP contribution in [-0.2, 0) is 16.0 Å². The number of carbonyl (C=O) groups is 3. The predicted molar refractivity (Wildman–Crippen MR) is 99.2 cm³/mol. The Bertz CT molecular complexity index is 664. The fraction of sp³-hybridized carbons (Fsp3) is 0.500. The van der Waals surface area contributed by atoms with Crippen LogP contribution in [0, 0.1) is 5.92 Å². The van der Waals surface area contributed by atoms with Gasteiger partial charge in [0.2, 0.25) is 0 Å². The summed E-state index contributed by atoms with van der Waals surface area (Å²) in [5.74, 6) is -0.934. The van der Waals surface area contributed by atoms with Crippen LogP contribution in [0.1, 0.15) is 32.3 Å². The van der Waals surface area contributed by atoms with E-state index in [1.54, 1.807) is 0 Å². The Kier molecular flexibility index (Phi) is 6.82. The lowest BCUT2D eigenvalue weighted by molar-refractivity contribution is -0.130. The van der Waals surface area contributed by atoms with E-state index in [0.717, 1.165) is 25.1 Å². The van der Waals surface area contributed by atoms with Crippen molar-refractivity contribution < 1.29 is 14.4 Å². The number of amides is 4. The molecule has 8 nitrogen and oxygen atoms in total. The molecule has 8 heteroatoms. The van der Waals surface area contributed by atoms with Gasteiger partial charge in [-0.15, -0.1) is 0 Å². The van der Waals surface area contributed by atoms with Gasteiger partial charge in [0, 0.05) is 12.2 Å². The van der Waals surface area contributed by atoms with Gasteiger partial charge < -0.3 is 16.0 Å². The minimum Gasteiger partial charge on any atom is -0.362 e. The molecular formula is C18H27N5O3. The summed E-state index contributed by atoms with van der Waals surface area (Å²) >= 11 is 0. The molecule has 0 bridgehead atoms. The van der Waals surface area contributed by atoms with Crippen molar-refractivity contribution in [2.24, 2.45) is 11.7 Å². The van der Waals surface area contributed by atoms with Crippen LogP contribution in [-0.4, -0.2) is 37.0 Å². The molecule has 0 fully saturated rings. The minimum atomic E-state index is -0.798. The third kappa shape index (κ3) is 5.11. The zero-order valence-corrected chi connectivity index (χ0v) is 15.2. The molecule has 4 amide bonds. The lowest BCUT2D eigenvalue weighted by Crippen LogP contribution is -2.56. The third-order valence-corrected chi connectivity index (χ3v) is 4.66. The van der Waals surface area contributed by atoms with Gasteiger partial charge >= 0.3 is 6.03 Å². The second-order valence-electron chi connectivity index (χ2n) is 6.56. The van der Waals surface area contributed by atoms with Crippen molar-refractivity contribution in [3.05, 3.63) is 29.8 Å². The molecule has 5 N–H and O–H groups in total. The van der Waals surface area contributed by atoms with Crippen LogP contribution in [0.4, 0.5) is 10.5 Å². The van der Waals surface area contributed by atoms with Crippen molar-refractivity contribution in [3.63, 3.8) is 0 Å². The van der Waals surface area contributed by atoms with Gasteiger partial charge in [-0.25, -0.2) is 4.79 Å². The van der Waals surface area contributed by atoms with E-state index in [0.29, 0.717) is 6.42 Å². The maximum absolute atomic E-state index is 12.3. The van der Waals surface area contributed by atoms with Crippen LogP contribution in [0.2, 0.25) is 0 Å². The Labute approximate surface area is 153 Å². The van der Waals surface area contributed by atoms with Gasteiger partial charge in [0.1, 0.15) is 6.04 Å². The second-order valence-corrected chi connectivity index (χ2v) is 6.56. The van der Waals surface area contributed by atoms with Crippen LogP contribution in [0.5, 0.6) is 0 Å². The summed E-state index contributed by atoms with van der Waals surface area (Å²) in [5.41, 5.74) is 12.2. The van der Waals surface area contributed by atoms with Crippen LogP contribution in [0.3, 0.4) is 0 Å². The highest BCUT2D eigenvalue weighted by Crippen LogP contribution is 2.26. The average molecular weight is 361 g/mol. The summed E-state index contributed by atoms with van der Waals surface area (Å²) in [6, 6.07) is 6.42. The first-order chi connectivity index (χ1) is 12.4. The number of nitrogens with one attached hydrogen (secondary N) is 3. The molecule has 0 aliphatic carbocycles. The number of para-hydroxylation sites is 1. The highest BCUT2D eigenvalue weighted by Gasteiger charge is 2.26. The number of benzene rings is 1. The maximum atomic E-state index is 12.3. The molecule has 0 saturated heterocycles. The standard InChI is InChI=1S/C18H27N5O3/c1-3-12(2)16(20-18(19)26)17(25)22-21-15(24)11-23-10-6-8-13-7-4-5-9-14(13)23/h4-5,7,9,12,16H,3,6,8,10-11H2,1-2H3,(H,21,24)(H,22,25)(H3,19,20,26). The number of primary amides is 1. The van der Waals surface area contributed by atoms with Crippen molar-refractivity contribution in [3.8, 4) is 0 Å². The fourth-order valence-corrected chi connectivity index (χ4v) is 3.05. The van der Waals surface area contributed by atoms with Crippen LogP contribution in [0.15, 0.2) is 24.3 Å². The van der Waals surface area contributed by atoms with E-state index in [1.807, 2.05) is 36.9 Å². The van der Waals surface area contributed by atoms with Crippen molar-refractivity contribution in [2.75, 3.05) is 18.0 Å². The summed E-state index contributed by atoms with van der Waals surface area (Å²) in [6.07, 6.45) is 2.66. The molecule has 0 radical (unpaired) electrons. The minimum absolute atomic E-state index is 0.117. The van der Waals surface area contributed by atoms with E-state index in [4.69, 9.17) is 5.73 Å². The Hall–Kier alpha value is -2.77. The summed E-state index contributed by atoms with van der Waals surface area (Å²) in [5, 5.41) is 2.41. The molecule has 1 heterocycles. The Morgan fingerprint density at radius 2 is 1.96 bits per heavy atom.